The normalized spacial score (nSPS) is 20.6. The summed E-state index contributed by atoms with van der Waals surface area (Å²) >= 11 is 0. The van der Waals surface area contributed by atoms with Gasteiger partial charge in [0.05, 0.1) is 17.1 Å². The van der Waals surface area contributed by atoms with Crippen molar-refractivity contribution in [3.05, 3.63) is 66.1 Å². The number of hydrogen-bond acceptors (Lipinski definition) is 5. The zero-order valence-corrected chi connectivity index (χ0v) is 14.6. The van der Waals surface area contributed by atoms with Crippen molar-refractivity contribution >= 4 is 10.9 Å². The first-order valence-electron chi connectivity index (χ1n) is 8.83. The second kappa shape index (κ2) is 7.11. The molecule has 0 amide bonds. The highest BCUT2D eigenvalue weighted by atomic mass is 16.5. The fourth-order valence-electron chi connectivity index (χ4n) is 3.64. The Kier molecular flexibility index (Phi) is 4.51. The maximum atomic E-state index is 9.53. The minimum Gasteiger partial charge on any atom is -0.485 e. The number of rotatable bonds is 4. The Morgan fingerprint density at radius 1 is 1.27 bits per heavy atom. The lowest BCUT2D eigenvalue weighted by Gasteiger charge is -2.26. The van der Waals surface area contributed by atoms with Crippen LogP contribution in [0.1, 0.15) is 30.6 Å². The third kappa shape index (κ3) is 3.24. The number of ether oxygens (including phenoxy) is 1. The van der Waals surface area contributed by atoms with Crippen LogP contribution in [0.5, 0.6) is 5.75 Å². The molecule has 3 unspecified atom stereocenters. The second-order valence-electron chi connectivity index (χ2n) is 6.79. The summed E-state index contributed by atoms with van der Waals surface area (Å²) in [5.41, 5.74) is 2.46. The van der Waals surface area contributed by atoms with Crippen molar-refractivity contribution in [3.8, 4) is 11.8 Å². The van der Waals surface area contributed by atoms with Gasteiger partial charge in [0, 0.05) is 41.7 Å². The minimum atomic E-state index is -0.178. The Balaban J connectivity index is 1.71. The quantitative estimate of drug-likeness (QED) is 0.783. The van der Waals surface area contributed by atoms with Crippen LogP contribution in [0.3, 0.4) is 0 Å². The van der Waals surface area contributed by atoms with E-state index in [0.29, 0.717) is 17.5 Å². The second-order valence-corrected chi connectivity index (χ2v) is 6.79. The minimum absolute atomic E-state index is 0.178. The Hall–Kier alpha value is -2.97. The molecular weight excluding hydrogens is 324 g/mol. The first-order chi connectivity index (χ1) is 12.7. The lowest BCUT2D eigenvalue weighted by molar-refractivity contribution is 0.143. The van der Waals surface area contributed by atoms with Gasteiger partial charge >= 0.3 is 0 Å². The number of benzene rings is 2. The molecule has 0 aliphatic carbocycles. The first kappa shape index (κ1) is 16.5. The molecule has 0 spiro atoms. The molecule has 0 bridgehead atoms. The third-order valence-electron chi connectivity index (χ3n) is 4.94. The van der Waals surface area contributed by atoms with Gasteiger partial charge in [0.15, 0.2) is 0 Å². The van der Waals surface area contributed by atoms with Crippen LogP contribution >= 0.6 is 0 Å². The lowest BCUT2D eigenvalue weighted by atomic mass is 9.90. The van der Waals surface area contributed by atoms with Gasteiger partial charge in [-0.3, -0.25) is 0 Å². The van der Waals surface area contributed by atoms with E-state index in [1.54, 1.807) is 6.20 Å². The van der Waals surface area contributed by atoms with Crippen molar-refractivity contribution in [2.75, 3.05) is 6.54 Å². The molecule has 5 nitrogen and oxygen atoms in total. The van der Waals surface area contributed by atoms with Crippen LogP contribution in [0.2, 0.25) is 0 Å². The number of nitrogens with one attached hydrogen (secondary N) is 1. The van der Waals surface area contributed by atoms with E-state index in [9.17, 15) is 5.26 Å². The predicted molar refractivity (Wildman–Crippen MR) is 99.6 cm³/mol. The van der Waals surface area contributed by atoms with E-state index < -0.39 is 0 Å². The molecule has 4 rings (SSSR count). The van der Waals surface area contributed by atoms with Crippen LogP contribution in [-0.4, -0.2) is 22.6 Å². The molecule has 130 valence electrons. The van der Waals surface area contributed by atoms with Gasteiger partial charge in [-0.2, -0.15) is 5.26 Å². The molecule has 1 N–H and O–H groups in total. The summed E-state index contributed by atoms with van der Waals surface area (Å²) in [5.74, 6) is 1.06. The SMILES string of the molecule is CC1CC(C(Oc2ccc3cncnc3c2)c2ccccc2C#N)CN1. The van der Waals surface area contributed by atoms with E-state index in [4.69, 9.17) is 4.74 Å². The van der Waals surface area contributed by atoms with Gasteiger partial charge < -0.3 is 10.1 Å². The van der Waals surface area contributed by atoms with Crippen LogP contribution in [0.15, 0.2) is 55.0 Å². The fourth-order valence-corrected chi connectivity index (χ4v) is 3.64. The largest absolute Gasteiger partial charge is 0.485 e. The van der Waals surface area contributed by atoms with Crippen LogP contribution in [0.4, 0.5) is 0 Å². The van der Waals surface area contributed by atoms with Gasteiger partial charge in [0.1, 0.15) is 18.2 Å². The Labute approximate surface area is 152 Å². The predicted octanol–water partition coefficient (Wildman–Crippen LogP) is 3.62. The van der Waals surface area contributed by atoms with Crippen molar-refractivity contribution in [2.24, 2.45) is 5.92 Å². The summed E-state index contributed by atoms with van der Waals surface area (Å²) in [6.45, 7) is 3.06. The fraction of sp³-hybridized carbons (Fsp3) is 0.286. The standard InChI is InChI=1S/C21H20N4O/c1-14-8-17(12-24-14)21(19-5-3-2-4-15(19)10-22)26-18-7-6-16-11-23-13-25-20(16)9-18/h2-7,9,11,13-14,17,21,24H,8,12H2,1H3. The number of nitriles is 1. The van der Waals surface area contributed by atoms with Crippen molar-refractivity contribution in [1.29, 1.82) is 5.26 Å². The molecule has 3 atom stereocenters. The highest BCUT2D eigenvalue weighted by molar-refractivity contribution is 5.78. The van der Waals surface area contributed by atoms with Crippen molar-refractivity contribution in [2.45, 2.75) is 25.5 Å². The van der Waals surface area contributed by atoms with Crippen molar-refractivity contribution in [3.63, 3.8) is 0 Å². The molecule has 1 saturated heterocycles. The number of nitrogens with zero attached hydrogens (tertiary/aromatic N) is 3. The smallest absolute Gasteiger partial charge is 0.129 e. The van der Waals surface area contributed by atoms with Gasteiger partial charge in [-0.1, -0.05) is 18.2 Å². The molecule has 1 aromatic heterocycles. The number of hydrogen-bond donors (Lipinski definition) is 1. The summed E-state index contributed by atoms with van der Waals surface area (Å²) in [5, 5.41) is 14.0. The van der Waals surface area contributed by atoms with E-state index in [2.05, 4.69) is 28.3 Å². The van der Waals surface area contributed by atoms with Crippen LogP contribution in [0, 0.1) is 17.2 Å². The monoisotopic (exact) mass is 344 g/mol. The van der Waals surface area contributed by atoms with Crippen molar-refractivity contribution < 1.29 is 4.74 Å². The van der Waals surface area contributed by atoms with E-state index >= 15 is 0 Å². The number of fused-ring (bicyclic) bond motifs is 1. The molecule has 0 radical (unpaired) electrons. The highest BCUT2D eigenvalue weighted by Crippen LogP contribution is 2.35. The third-order valence-corrected chi connectivity index (χ3v) is 4.94. The molecular formula is C21H20N4O. The van der Waals surface area contributed by atoms with Crippen LogP contribution in [-0.2, 0) is 0 Å². The average molecular weight is 344 g/mol. The molecule has 3 aromatic rings. The molecule has 2 heterocycles. The van der Waals surface area contributed by atoms with E-state index in [1.165, 1.54) is 6.33 Å². The Morgan fingerprint density at radius 3 is 2.96 bits per heavy atom. The summed E-state index contributed by atoms with van der Waals surface area (Å²) in [7, 11) is 0. The zero-order valence-electron chi connectivity index (χ0n) is 14.6. The van der Waals surface area contributed by atoms with Gasteiger partial charge in [-0.05, 0) is 31.5 Å². The van der Waals surface area contributed by atoms with Crippen molar-refractivity contribution in [1.82, 2.24) is 15.3 Å². The van der Waals surface area contributed by atoms with E-state index in [-0.39, 0.29) is 6.10 Å². The molecule has 1 aliphatic heterocycles. The van der Waals surface area contributed by atoms with Gasteiger partial charge in [0.2, 0.25) is 0 Å². The van der Waals surface area contributed by atoms with Gasteiger partial charge in [0.25, 0.3) is 0 Å². The summed E-state index contributed by atoms with van der Waals surface area (Å²) in [6.07, 6.45) is 4.16. The Bertz CT molecular complexity index is 965. The zero-order chi connectivity index (χ0) is 17.9. The maximum absolute atomic E-state index is 9.53. The lowest BCUT2D eigenvalue weighted by Crippen LogP contribution is -2.22. The van der Waals surface area contributed by atoms with Crippen LogP contribution < -0.4 is 10.1 Å². The van der Waals surface area contributed by atoms with E-state index in [1.807, 2.05) is 42.5 Å². The van der Waals surface area contributed by atoms with E-state index in [0.717, 1.165) is 35.2 Å². The summed E-state index contributed by atoms with van der Waals surface area (Å²) in [4.78, 5) is 8.36. The molecule has 2 aromatic carbocycles. The highest BCUT2D eigenvalue weighted by Gasteiger charge is 2.32. The molecule has 1 aliphatic rings. The first-order valence-corrected chi connectivity index (χ1v) is 8.83. The molecule has 0 saturated carbocycles. The molecule has 1 fully saturated rings. The Morgan fingerprint density at radius 2 is 2.15 bits per heavy atom. The summed E-state index contributed by atoms with van der Waals surface area (Å²) in [6, 6.07) is 16.3. The summed E-state index contributed by atoms with van der Waals surface area (Å²) < 4.78 is 6.43. The van der Waals surface area contributed by atoms with Gasteiger partial charge in [-0.15, -0.1) is 0 Å². The molecule has 26 heavy (non-hydrogen) atoms. The number of aromatic nitrogens is 2. The van der Waals surface area contributed by atoms with Crippen LogP contribution in [0.25, 0.3) is 10.9 Å². The topological polar surface area (TPSA) is 70.8 Å². The average Bonchev–Trinajstić information content (AvgIpc) is 3.12. The molecule has 5 heteroatoms. The maximum Gasteiger partial charge on any atom is 0.129 e. The van der Waals surface area contributed by atoms with Gasteiger partial charge in [-0.25, -0.2) is 9.97 Å².